The van der Waals surface area contributed by atoms with Gasteiger partial charge in [0.05, 0.1) is 24.6 Å². The molecule has 0 radical (unpaired) electrons. The molecule has 1 saturated heterocycles. The SMILES string of the molecule is Cc1nccnc1CC[C@H]1COCCN1S(=O)(=O)c1cccnc1. The Balaban J connectivity index is 1.78. The van der Waals surface area contributed by atoms with Crippen LogP contribution in [-0.2, 0) is 21.2 Å². The lowest BCUT2D eigenvalue weighted by atomic mass is 10.1. The van der Waals surface area contributed by atoms with Crippen molar-refractivity contribution in [1.29, 1.82) is 0 Å². The zero-order chi connectivity index (χ0) is 17.0. The van der Waals surface area contributed by atoms with Crippen molar-refractivity contribution in [3.63, 3.8) is 0 Å². The summed E-state index contributed by atoms with van der Waals surface area (Å²) in [5.74, 6) is 0. The maximum Gasteiger partial charge on any atom is 0.245 e. The molecule has 0 bridgehead atoms. The van der Waals surface area contributed by atoms with E-state index in [-0.39, 0.29) is 10.9 Å². The topological polar surface area (TPSA) is 85.3 Å². The number of hydrogen-bond acceptors (Lipinski definition) is 6. The highest BCUT2D eigenvalue weighted by Crippen LogP contribution is 2.22. The zero-order valence-electron chi connectivity index (χ0n) is 13.5. The predicted molar refractivity (Wildman–Crippen MR) is 87.8 cm³/mol. The van der Waals surface area contributed by atoms with Gasteiger partial charge in [-0.1, -0.05) is 0 Å². The minimum Gasteiger partial charge on any atom is -0.378 e. The van der Waals surface area contributed by atoms with Crippen LogP contribution in [0.25, 0.3) is 0 Å². The van der Waals surface area contributed by atoms with E-state index in [0.717, 1.165) is 11.4 Å². The van der Waals surface area contributed by atoms with Crippen LogP contribution in [0.2, 0.25) is 0 Å². The largest absolute Gasteiger partial charge is 0.378 e. The van der Waals surface area contributed by atoms with Gasteiger partial charge in [-0.3, -0.25) is 15.0 Å². The summed E-state index contributed by atoms with van der Waals surface area (Å²) in [6.45, 7) is 3.05. The van der Waals surface area contributed by atoms with E-state index in [1.807, 2.05) is 6.92 Å². The zero-order valence-corrected chi connectivity index (χ0v) is 14.3. The van der Waals surface area contributed by atoms with Crippen LogP contribution in [-0.4, -0.2) is 53.5 Å². The number of morpholine rings is 1. The Labute approximate surface area is 141 Å². The van der Waals surface area contributed by atoms with Crippen LogP contribution in [0.5, 0.6) is 0 Å². The summed E-state index contributed by atoms with van der Waals surface area (Å²) in [6, 6.07) is 2.98. The average molecular weight is 348 g/mol. The summed E-state index contributed by atoms with van der Waals surface area (Å²) in [6.07, 6.45) is 7.55. The molecule has 1 fully saturated rings. The van der Waals surface area contributed by atoms with Crippen LogP contribution < -0.4 is 0 Å². The molecule has 0 unspecified atom stereocenters. The van der Waals surface area contributed by atoms with Crippen LogP contribution in [0.15, 0.2) is 41.8 Å². The van der Waals surface area contributed by atoms with E-state index < -0.39 is 10.0 Å². The number of nitrogens with zero attached hydrogens (tertiary/aromatic N) is 4. The van der Waals surface area contributed by atoms with Gasteiger partial charge in [-0.15, -0.1) is 0 Å². The van der Waals surface area contributed by atoms with Gasteiger partial charge in [0, 0.05) is 37.4 Å². The second-order valence-electron chi connectivity index (χ2n) is 5.66. The third-order valence-corrected chi connectivity index (χ3v) is 6.05. The van der Waals surface area contributed by atoms with Gasteiger partial charge < -0.3 is 4.74 Å². The fourth-order valence-corrected chi connectivity index (χ4v) is 4.39. The standard InChI is InChI=1S/C16H20N4O3S/c1-13-16(19-8-7-18-13)5-4-14-12-23-10-9-20(14)24(21,22)15-3-2-6-17-11-15/h2-3,6-8,11,14H,4-5,9-10,12H2,1H3/t14-/m0/s1. The quantitative estimate of drug-likeness (QED) is 0.807. The molecule has 0 aromatic carbocycles. The van der Waals surface area contributed by atoms with Gasteiger partial charge >= 0.3 is 0 Å². The first kappa shape index (κ1) is 16.9. The molecule has 24 heavy (non-hydrogen) atoms. The molecule has 3 heterocycles. The highest BCUT2D eigenvalue weighted by Gasteiger charge is 2.34. The number of hydrogen-bond donors (Lipinski definition) is 0. The molecule has 0 N–H and O–H groups in total. The summed E-state index contributed by atoms with van der Waals surface area (Å²) < 4.78 is 32.8. The third kappa shape index (κ3) is 3.61. The first-order chi connectivity index (χ1) is 11.6. The van der Waals surface area contributed by atoms with E-state index in [2.05, 4.69) is 15.0 Å². The van der Waals surface area contributed by atoms with E-state index in [0.29, 0.717) is 32.6 Å². The van der Waals surface area contributed by atoms with Gasteiger partial charge in [0.15, 0.2) is 0 Å². The van der Waals surface area contributed by atoms with Crippen LogP contribution in [0, 0.1) is 6.92 Å². The van der Waals surface area contributed by atoms with Crippen molar-refractivity contribution in [1.82, 2.24) is 19.3 Å². The minimum absolute atomic E-state index is 0.215. The van der Waals surface area contributed by atoms with E-state index >= 15 is 0 Å². The Morgan fingerprint density at radius 1 is 1.29 bits per heavy atom. The van der Waals surface area contributed by atoms with Crippen molar-refractivity contribution in [2.45, 2.75) is 30.7 Å². The second kappa shape index (κ2) is 7.33. The van der Waals surface area contributed by atoms with E-state index in [4.69, 9.17) is 4.74 Å². The summed E-state index contributed by atoms with van der Waals surface area (Å²) >= 11 is 0. The summed E-state index contributed by atoms with van der Waals surface area (Å²) in [4.78, 5) is 12.7. The molecule has 7 nitrogen and oxygen atoms in total. The molecule has 0 saturated carbocycles. The molecule has 1 aliphatic rings. The lowest BCUT2D eigenvalue weighted by Gasteiger charge is -2.34. The summed E-state index contributed by atoms with van der Waals surface area (Å²) in [7, 11) is -3.57. The molecule has 0 amide bonds. The molecule has 1 atom stereocenters. The smallest absolute Gasteiger partial charge is 0.245 e. The van der Waals surface area contributed by atoms with Gasteiger partial charge in [-0.05, 0) is 31.9 Å². The number of aryl methyl sites for hydroxylation is 2. The molecular weight excluding hydrogens is 328 g/mol. The Bertz CT molecular complexity index is 783. The van der Waals surface area contributed by atoms with Crippen molar-refractivity contribution in [2.24, 2.45) is 0 Å². The molecule has 3 rings (SSSR count). The van der Waals surface area contributed by atoms with Crippen molar-refractivity contribution >= 4 is 10.0 Å². The molecular formula is C16H20N4O3S. The van der Waals surface area contributed by atoms with Crippen molar-refractivity contribution in [2.75, 3.05) is 19.8 Å². The molecule has 1 aliphatic heterocycles. The van der Waals surface area contributed by atoms with Crippen LogP contribution in [0.3, 0.4) is 0 Å². The molecule has 128 valence electrons. The number of pyridine rings is 1. The number of sulfonamides is 1. The fraction of sp³-hybridized carbons (Fsp3) is 0.438. The van der Waals surface area contributed by atoms with Gasteiger partial charge in [0.2, 0.25) is 10.0 Å². The minimum atomic E-state index is -3.57. The summed E-state index contributed by atoms with van der Waals surface area (Å²) in [5, 5.41) is 0. The molecule has 2 aromatic rings. The fourth-order valence-electron chi connectivity index (χ4n) is 2.80. The van der Waals surface area contributed by atoms with Crippen LogP contribution in [0.4, 0.5) is 0 Å². The third-order valence-electron chi connectivity index (χ3n) is 4.11. The predicted octanol–water partition coefficient (Wildman–Crippen LogP) is 1.20. The number of ether oxygens (including phenoxy) is 1. The average Bonchev–Trinajstić information content (AvgIpc) is 2.62. The monoisotopic (exact) mass is 348 g/mol. The van der Waals surface area contributed by atoms with E-state index in [9.17, 15) is 8.42 Å². The van der Waals surface area contributed by atoms with E-state index in [1.165, 1.54) is 10.5 Å². The number of aromatic nitrogens is 3. The Morgan fingerprint density at radius 3 is 2.88 bits per heavy atom. The van der Waals surface area contributed by atoms with E-state index in [1.54, 1.807) is 30.7 Å². The van der Waals surface area contributed by atoms with Gasteiger partial charge in [-0.2, -0.15) is 4.31 Å². The van der Waals surface area contributed by atoms with Crippen molar-refractivity contribution in [3.8, 4) is 0 Å². The Kier molecular flexibility index (Phi) is 5.17. The first-order valence-electron chi connectivity index (χ1n) is 7.85. The molecule has 2 aromatic heterocycles. The lowest BCUT2D eigenvalue weighted by Crippen LogP contribution is -2.48. The maximum atomic E-state index is 12.9. The number of rotatable bonds is 5. The van der Waals surface area contributed by atoms with Gasteiger partial charge in [0.25, 0.3) is 0 Å². The van der Waals surface area contributed by atoms with Crippen molar-refractivity contribution in [3.05, 3.63) is 48.3 Å². The Hall–Kier alpha value is -1.90. The van der Waals surface area contributed by atoms with Gasteiger partial charge in [-0.25, -0.2) is 8.42 Å². The second-order valence-corrected chi connectivity index (χ2v) is 7.55. The Morgan fingerprint density at radius 2 is 2.12 bits per heavy atom. The maximum absolute atomic E-state index is 12.9. The molecule has 8 heteroatoms. The van der Waals surface area contributed by atoms with Crippen molar-refractivity contribution < 1.29 is 13.2 Å². The summed E-state index contributed by atoms with van der Waals surface area (Å²) in [5.41, 5.74) is 1.76. The highest BCUT2D eigenvalue weighted by atomic mass is 32.2. The van der Waals surface area contributed by atoms with Gasteiger partial charge in [0.1, 0.15) is 4.90 Å². The van der Waals surface area contributed by atoms with Crippen LogP contribution >= 0.6 is 0 Å². The van der Waals surface area contributed by atoms with Crippen LogP contribution in [0.1, 0.15) is 17.8 Å². The molecule has 0 spiro atoms. The lowest BCUT2D eigenvalue weighted by molar-refractivity contribution is 0.0297. The first-order valence-corrected chi connectivity index (χ1v) is 9.29. The normalized spacial score (nSPS) is 19.3. The highest BCUT2D eigenvalue weighted by molar-refractivity contribution is 7.89. The molecule has 0 aliphatic carbocycles.